The van der Waals surface area contributed by atoms with E-state index in [-0.39, 0.29) is 6.10 Å². The minimum Gasteiger partial charge on any atom is -0.489 e. The Bertz CT molecular complexity index is 678. The minimum atomic E-state index is 0.192. The van der Waals surface area contributed by atoms with Gasteiger partial charge < -0.3 is 15.4 Å². The summed E-state index contributed by atoms with van der Waals surface area (Å²) in [6, 6.07) is 17.0. The van der Waals surface area contributed by atoms with Gasteiger partial charge in [0.1, 0.15) is 5.75 Å². The van der Waals surface area contributed by atoms with Gasteiger partial charge in [-0.15, -0.1) is 0 Å². The lowest BCUT2D eigenvalue weighted by atomic mass is 10.1. The van der Waals surface area contributed by atoms with Crippen LogP contribution in [-0.2, 0) is 13.1 Å². The predicted octanol–water partition coefficient (Wildman–Crippen LogP) is 3.25. The molecule has 4 heteroatoms. The number of piperazine rings is 1. The highest BCUT2D eigenvalue weighted by molar-refractivity contribution is 5.58. The van der Waals surface area contributed by atoms with E-state index in [0.717, 1.165) is 38.5 Å². The second-order valence-electron chi connectivity index (χ2n) is 6.92. The van der Waals surface area contributed by atoms with Crippen LogP contribution in [0.2, 0.25) is 0 Å². The smallest absolute Gasteiger partial charge is 0.142 e. The third-order valence-corrected chi connectivity index (χ3v) is 4.57. The number of rotatable bonds is 6. The van der Waals surface area contributed by atoms with E-state index >= 15 is 0 Å². The average molecular weight is 339 g/mol. The van der Waals surface area contributed by atoms with Crippen molar-refractivity contribution in [3.05, 3.63) is 59.7 Å². The van der Waals surface area contributed by atoms with Gasteiger partial charge in [0.25, 0.3) is 0 Å². The van der Waals surface area contributed by atoms with Crippen LogP contribution in [0.4, 0.5) is 5.69 Å². The Morgan fingerprint density at radius 1 is 0.960 bits per heavy atom. The van der Waals surface area contributed by atoms with Crippen LogP contribution in [0.15, 0.2) is 48.5 Å². The van der Waals surface area contributed by atoms with E-state index in [1.54, 1.807) is 0 Å². The standard InChI is InChI=1S/C21H29N3O/c1-17(2)25-21-9-4-3-8-20(21)24-12-10-23(11-13-24)16-19-7-5-6-18(14-19)15-22/h3-9,14,17H,10-13,15-16,22H2,1-2H3. The maximum absolute atomic E-state index is 5.98. The highest BCUT2D eigenvalue weighted by Crippen LogP contribution is 2.29. The second kappa shape index (κ2) is 8.37. The zero-order valence-corrected chi connectivity index (χ0v) is 15.3. The number of nitrogens with two attached hydrogens (primary N) is 1. The van der Waals surface area contributed by atoms with E-state index in [9.17, 15) is 0 Å². The van der Waals surface area contributed by atoms with Crippen LogP contribution in [0.5, 0.6) is 5.75 Å². The summed E-state index contributed by atoms with van der Waals surface area (Å²) >= 11 is 0. The van der Waals surface area contributed by atoms with Gasteiger partial charge in [0.05, 0.1) is 11.8 Å². The fraction of sp³-hybridized carbons (Fsp3) is 0.429. The average Bonchev–Trinajstić information content (AvgIpc) is 2.63. The zero-order valence-electron chi connectivity index (χ0n) is 15.3. The van der Waals surface area contributed by atoms with Crippen LogP contribution in [0.25, 0.3) is 0 Å². The monoisotopic (exact) mass is 339 g/mol. The first kappa shape index (κ1) is 17.8. The van der Waals surface area contributed by atoms with E-state index < -0.39 is 0 Å². The molecule has 134 valence electrons. The largest absolute Gasteiger partial charge is 0.489 e. The molecule has 0 amide bonds. The van der Waals surface area contributed by atoms with Crippen LogP contribution in [-0.4, -0.2) is 37.2 Å². The van der Waals surface area contributed by atoms with Crippen molar-refractivity contribution >= 4 is 5.69 Å². The first-order valence-electron chi connectivity index (χ1n) is 9.16. The Morgan fingerprint density at radius 3 is 2.40 bits per heavy atom. The molecule has 0 aromatic heterocycles. The van der Waals surface area contributed by atoms with Crippen LogP contribution < -0.4 is 15.4 Å². The molecule has 0 spiro atoms. The third-order valence-electron chi connectivity index (χ3n) is 4.57. The van der Waals surface area contributed by atoms with Crippen LogP contribution in [0.1, 0.15) is 25.0 Å². The molecule has 1 saturated heterocycles. The van der Waals surface area contributed by atoms with Crippen molar-refractivity contribution in [1.29, 1.82) is 0 Å². The Labute approximate surface area is 151 Å². The molecule has 2 N–H and O–H groups in total. The summed E-state index contributed by atoms with van der Waals surface area (Å²) in [5, 5.41) is 0. The molecule has 0 aliphatic carbocycles. The molecule has 1 fully saturated rings. The molecule has 0 bridgehead atoms. The molecule has 2 aromatic rings. The summed E-state index contributed by atoms with van der Waals surface area (Å²) < 4.78 is 5.98. The first-order chi connectivity index (χ1) is 12.2. The number of hydrogen-bond donors (Lipinski definition) is 1. The molecular weight excluding hydrogens is 310 g/mol. The van der Waals surface area contributed by atoms with E-state index in [0.29, 0.717) is 6.54 Å². The van der Waals surface area contributed by atoms with Gasteiger partial charge in [-0.05, 0) is 37.1 Å². The van der Waals surface area contributed by atoms with Gasteiger partial charge >= 0.3 is 0 Å². The van der Waals surface area contributed by atoms with Gasteiger partial charge in [-0.25, -0.2) is 0 Å². The Kier molecular flexibility index (Phi) is 5.95. The fourth-order valence-electron chi connectivity index (χ4n) is 3.33. The topological polar surface area (TPSA) is 41.7 Å². The molecule has 0 saturated carbocycles. The maximum atomic E-state index is 5.98. The van der Waals surface area contributed by atoms with Gasteiger partial charge in [-0.3, -0.25) is 4.90 Å². The van der Waals surface area contributed by atoms with Crippen molar-refractivity contribution in [1.82, 2.24) is 4.90 Å². The number of para-hydroxylation sites is 2. The highest BCUT2D eigenvalue weighted by Gasteiger charge is 2.20. The molecular formula is C21H29N3O. The summed E-state index contributed by atoms with van der Waals surface area (Å²) in [6.45, 7) is 9.91. The quantitative estimate of drug-likeness (QED) is 0.877. The lowest BCUT2D eigenvalue weighted by molar-refractivity contribution is 0.235. The Balaban J connectivity index is 1.60. The number of hydrogen-bond acceptors (Lipinski definition) is 4. The molecule has 0 atom stereocenters. The van der Waals surface area contributed by atoms with Crippen molar-refractivity contribution in [3.8, 4) is 5.75 Å². The van der Waals surface area contributed by atoms with Gasteiger partial charge in [0.2, 0.25) is 0 Å². The fourth-order valence-corrected chi connectivity index (χ4v) is 3.33. The summed E-state index contributed by atoms with van der Waals surface area (Å²) in [4.78, 5) is 4.95. The lowest BCUT2D eigenvalue weighted by Crippen LogP contribution is -2.46. The molecule has 1 heterocycles. The molecule has 0 unspecified atom stereocenters. The SMILES string of the molecule is CC(C)Oc1ccccc1N1CCN(Cc2cccc(CN)c2)CC1. The van der Waals surface area contributed by atoms with Gasteiger partial charge in [-0.1, -0.05) is 36.4 Å². The van der Waals surface area contributed by atoms with Gasteiger partial charge in [0, 0.05) is 39.3 Å². The Hall–Kier alpha value is -2.04. The lowest BCUT2D eigenvalue weighted by Gasteiger charge is -2.37. The summed E-state index contributed by atoms with van der Waals surface area (Å²) in [6.07, 6.45) is 0.192. The normalized spacial score (nSPS) is 15.6. The molecule has 1 aliphatic rings. The van der Waals surface area contributed by atoms with Crippen LogP contribution in [0, 0.1) is 0 Å². The van der Waals surface area contributed by atoms with E-state index in [2.05, 4.69) is 66.1 Å². The van der Waals surface area contributed by atoms with Crippen LogP contribution in [0.3, 0.4) is 0 Å². The number of benzene rings is 2. The zero-order chi connectivity index (χ0) is 17.6. The van der Waals surface area contributed by atoms with E-state index in [1.165, 1.54) is 16.8 Å². The summed E-state index contributed by atoms with van der Waals surface area (Å²) in [7, 11) is 0. The van der Waals surface area contributed by atoms with Crippen molar-refractivity contribution in [2.24, 2.45) is 5.73 Å². The predicted molar refractivity (Wildman–Crippen MR) is 104 cm³/mol. The van der Waals surface area contributed by atoms with Gasteiger partial charge in [0.15, 0.2) is 0 Å². The summed E-state index contributed by atoms with van der Waals surface area (Å²) in [5.41, 5.74) is 9.51. The number of anilines is 1. The molecule has 3 rings (SSSR count). The second-order valence-corrected chi connectivity index (χ2v) is 6.92. The van der Waals surface area contributed by atoms with Crippen molar-refractivity contribution < 1.29 is 4.74 Å². The minimum absolute atomic E-state index is 0.192. The molecule has 4 nitrogen and oxygen atoms in total. The Morgan fingerprint density at radius 2 is 1.68 bits per heavy atom. The first-order valence-corrected chi connectivity index (χ1v) is 9.16. The number of nitrogens with zero attached hydrogens (tertiary/aromatic N) is 2. The van der Waals surface area contributed by atoms with E-state index in [1.807, 2.05) is 6.07 Å². The molecule has 1 aliphatic heterocycles. The molecule has 25 heavy (non-hydrogen) atoms. The highest BCUT2D eigenvalue weighted by atomic mass is 16.5. The van der Waals surface area contributed by atoms with Crippen LogP contribution >= 0.6 is 0 Å². The number of ether oxygens (including phenoxy) is 1. The molecule has 2 aromatic carbocycles. The van der Waals surface area contributed by atoms with Crippen molar-refractivity contribution in [2.45, 2.75) is 33.0 Å². The summed E-state index contributed by atoms with van der Waals surface area (Å²) in [5.74, 6) is 0.988. The maximum Gasteiger partial charge on any atom is 0.142 e. The van der Waals surface area contributed by atoms with Gasteiger partial charge in [-0.2, -0.15) is 0 Å². The van der Waals surface area contributed by atoms with Crippen molar-refractivity contribution in [2.75, 3.05) is 31.1 Å². The van der Waals surface area contributed by atoms with Crippen molar-refractivity contribution in [3.63, 3.8) is 0 Å². The molecule has 0 radical (unpaired) electrons. The third kappa shape index (κ3) is 4.74. The van der Waals surface area contributed by atoms with E-state index in [4.69, 9.17) is 10.5 Å².